The molecule has 0 bridgehead atoms. The molecular formula is C9H13NO. The molecule has 60 valence electrons. The van der Waals surface area contributed by atoms with E-state index in [2.05, 4.69) is 0 Å². The van der Waals surface area contributed by atoms with Crippen molar-refractivity contribution in [2.45, 2.75) is 20.8 Å². The van der Waals surface area contributed by atoms with Gasteiger partial charge < -0.3 is 4.57 Å². The Kier molecular flexibility index (Phi) is 1.85. The average molecular weight is 151 g/mol. The predicted octanol–water partition coefficient (Wildman–Crippen LogP) is 1.31. The summed E-state index contributed by atoms with van der Waals surface area (Å²) in [6, 6.07) is 0. The number of hydrogen-bond acceptors (Lipinski definition) is 1. The zero-order valence-electron chi connectivity index (χ0n) is 7.43. The molecule has 1 rings (SSSR count). The van der Waals surface area contributed by atoms with Crippen LogP contribution in [0.25, 0.3) is 0 Å². The molecule has 0 radical (unpaired) electrons. The standard InChI is InChI=1S/C9H13NO/c1-6-5-10(4)8(3)7(2)9(6)11/h5H,1-4H3. The Balaban J connectivity index is 3.59. The molecule has 0 saturated carbocycles. The lowest BCUT2D eigenvalue weighted by atomic mass is 10.1. The third-order valence-electron chi connectivity index (χ3n) is 2.16. The quantitative estimate of drug-likeness (QED) is 0.548. The smallest absolute Gasteiger partial charge is 0.187 e. The first kappa shape index (κ1) is 8.05. The van der Waals surface area contributed by atoms with Gasteiger partial charge in [0.05, 0.1) is 0 Å². The molecular weight excluding hydrogens is 138 g/mol. The Hall–Kier alpha value is -1.05. The maximum absolute atomic E-state index is 11.3. The second kappa shape index (κ2) is 2.53. The van der Waals surface area contributed by atoms with Gasteiger partial charge in [-0.15, -0.1) is 0 Å². The van der Waals surface area contributed by atoms with Crippen molar-refractivity contribution in [3.8, 4) is 0 Å². The van der Waals surface area contributed by atoms with Crippen LogP contribution in [0.15, 0.2) is 11.0 Å². The molecule has 0 fully saturated rings. The summed E-state index contributed by atoms with van der Waals surface area (Å²) in [4.78, 5) is 11.3. The van der Waals surface area contributed by atoms with Crippen LogP contribution in [0, 0.1) is 20.8 Å². The summed E-state index contributed by atoms with van der Waals surface area (Å²) in [6.07, 6.45) is 1.87. The van der Waals surface area contributed by atoms with Gasteiger partial charge in [-0.05, 0) is 20.8 Å². The highest BCUT2D eigenvalue weighted by Gasteiger charge is 2.02. The molecule has 0 N–H and O–H groups in total. The van der Waals surface area contributed by atoms with E-state index >= 15 is 0 Å². The summed E-state index contributed by atoms with van der Waals surface area (Å²) in [5.74, 6) is 0. The molecule has 2 heteroatoms. The van der Waals surface area contributed by atoms with E-state index in [0.29, 0.717) is 0 Å². The lowest BCUT2D eigenvalue weighted by Gasteiger charge is -2.07. The highest BCUT2D eigenvalue weighted by atomic mass is 16.1. The Morgan fingerprint density at radius 1 is 1.27 bits per heavy atom. The zero-order chi connectivity index (χ0) is 8.59. The highest BCUT2D eigenvalue weighted by molar-refractivity contribution is 5.23. The Labute approximate surface area is 66.5 Å². The van der Waals surface area contributed by atoms with Gasteiger partial charge in [-0.25, -0.2) is 0 Å². The van der Waals surface area contributed by atoms with Crippen molar-refractivity contribution in [2.24, 2.45) is 7.05 Å². The lowest BCUT2D eigenvalue weighted by Crippen LogP contribution is -2.15. The molecule has 0 atom stereocenters. The third-order valence-corrected chi connectivity index (χ3v) is 2.16. The van der Waals surface area contributed by atoms with Gasteiger partial charge in [0.1, 0.15) is 0 Å². The van der Waals surface area contributed by atoms with Gasteiger partial charge in [-0.1, -0.05) is 0 Å². The van der Waals surface area contributed by atoms with Crippen LogP contribution < -0.4 is 5.43 Å². The van der Waals surface area contributed by atoms with Crippen LogP contribution in [0.4, 0.5) is 0 Å². The molecule has 0 aliphatic heterocycles. The van der Waals surface area contributed by atoms with E-state index in [0.717, 1.165) is 16.8 Å². The van der Waals surface area contributed by atoms with Crippen molar-refractivity contribution < 1.29 is 0 Å². The number of aryl methyl sites for hydroxylation is 2. The fourth-order valence-electron chi connectivity index (χ4n) is 1.17. The molecule has 11 heavy (non-hydrogen) atoms. The van der Waals surface area contributed by atoms with Crippen molar-refractivity contribution >= 4 is 0 Å². The molecule has 1 aromatic rings. The van der Waals surface area contributed by atoms with Crippen LogP contribution in [0.2, 0.25) is 0 Å². The lowest BCUT2D eigenvalue weighted by molar-refractivity contribution is 0.831. The summed E-state index contributed by atoms with van der Waals surface area (Å²) in [7, 11) is 1.95. The van der Waals surface area contributed by atoms with E-state index < -0.39 is 0 Å². The van der Waals surface area contributed by atoms with Crippen molar-refractivity contribution in [3.05, 3.63) is 33.2 Å². The van der Waals surface area contributed by atoms with Gasteiger partial charge in [0.25, 0.3) is 0 Å². The highest BCUT2D eigenvalue weighted by Crippen LogP contribution is 2.01. The van der Waals surface area contributed by atoms with Gasteiger partial charge in [0, 0.05) is 30.1 Å². The van der Waals surface area contributed by atoms with Crippen LogP contribution >= 0.6 is 0 Å². The first-order valence-corrected chi connectivity index (χ1v) is 3.67. The second-order valence-electron chi connectivity index (χ2n) is 2.96. The molecule has 0 unspecified atom stereocenters. The topological polar surface area (TPSA) is 22.0 Å². The minimum absolute atomic E-state index is 0.167. The van der Waals surface area contributed by atoms with Crippen LogP contribution in [0.1, 0.15) is 16.8 Å². The summed E-state index contributed by atoms with van der Waals surface area (Å²) in [6.45, 7) is 5.66. The van der Waals surface area contributed by atoms with Crippen molar-refractivity contribution in [3.63, 3.8) is 0 Å². The third kappa shape index (κ3) is 1.20. The second-order valence-corrected chi connectivity index (χ2v) is 2.96. The number of aromatic nitrogens is 1. The monoisotopic (exact) mass is 151 g/mol. The minimum Gasteiger partial charge on any atom is -0.354 e. The molecule has 0 amide bonds. The zero-order valence-corrected chi connectivity index (χ0v) is 7.43. The summed E-state index contributed by atoms with van der Waals surface area (Å²) in [5, 5.41) is 0. The van der Waals surface area contributed by atoms with Crippen LogP contribution in [0.5, 0.6) is 0 Å². The largest absolute Gasteiger partial charge is 0.354 e. The molecule has 2 nitrogen and oxygen atoms in total. The summed E-state index contributed by atoms with van der Waals surface area (Å²) in [5.41, 5.74) is 2.88. The van der Waals surface area contributed by atoms with Gasteiger partial charge >= 0.3 is 0 Å². The van der Waals surface area contributed by atoms with Gasteiger partial charge in [-0.2, -0.15) is 0 Å². The first-order chi connectivity index (χ1) is 5.04. The van der Waals surface area contributed by atoms with Crippen molar-refractivity contribution in [2.75, 3.05) is 0 Å². The molecule has 1 heterocycles. The van der Waals surface area contributed by atoms with Gasteiger partial charge in [0.15, 0.2) is 5.43 Å². The van der Waals surface area contributed by atoms with Crippen molar-refractivity contribution in [1.29, 1.82) is 0 Å². The van der Waals surface area contributed by atoms with E-state index in [1.54, 1.807) is 0 Å². The molecule has 0 saturated heterocycles. The number of rotatable bonds is 0. The number of pyridine rings is 1. The molecule has 0 aliphatic carbocycles. The van der Waals surface area contributed by atoms with Crippen molar-refractivity contribution in [1.82, 2.24) is 4.57 Å². The van der Waals surface area contributed by atoms with E-state index in [4.69, 9.17) is 0 Å². The maximum atomic E-state index is 11.3. The predicted molar refractivity (Wildman–Crippen MR) is 45.9 cm³/mol. The van der Waals surface area contributed by atoms with Crippen LogP contribution in [-0.4, -0.2) is 4.57 Å². The van der Waals surface area contributed by atoms with E-state index in [1.807, 2.05) is 38.6 Å². The Bertz CT molecular complexity index is 336. The van der Waals surface area contributed by atoms with E-state index in [1.165, 1.54) is 0 Å². The normalized spacial score (nSPS) is 10.2. The Morgan fingerprint density at radius 2 is 1.82 bits per heavy atom. The van der Waals surface area contributed by atoms with E-state index in [9.17, 15) is 4.79 Å². The van der Waals surface area contributed by atoms with Gasteiger partial charge in [-0.3, -0.25) is 4.79 Å². The molecule has 0 aliphatic rings. The number of nitrogens with zero attached hydrogens (tertiary/aromatic N) is 1. The Morgan fingerprint density at radius 3 is 2.36 bits per heavy atom. The maximum Gasteiger partial charge on any atom is 0.187 e. The SMILES string of the molecule is Cc1cn(C)c(C)c(C)c1=O. The minimum atomic E-state index is 0.167. The molecule has 0 aromatic carbocycles. The fraction of sp³-hybridized carbons (Fsp3) is 0.444. The van der Waals surface area contributed by atoms with Crippen LogP contribution in [-0.2, 0) is 7.05 Å². The molecule has 0 spiro atoms. The molecule has 1 aromatic heterocycles. The fourth-order valence-corrected chi connectivity index (χ4v) is 1.17. The van der Waals surface area contributed by atoms with Crippen LogP contribution in [0.3, 0.4) is 0 Å². The first-order valence-electron chi connectivity index (χ1n) is 3.67. The average Bonchev–Trinajstić information content (AvgIpc) is 1.97. The summed E-state index contributed by atoms with van der Waals surface area (Å²) >= 11 is 0. The number of hydrogen-bond donors (Lipinski definition) is 0. The summed E-state index contributed by atoms with van der Waals surface area (Å²) < 4.78 is 1.98. The van der Waals surface area contributed by atoms with E-state index in [-0.39, 0.29) is 5.43 Å². The van der Waals surface area contributed by atoms with Gasteiger partial charge in [0.2, 0.25) is 0 Å².